The van der Waals surface area contributed by atoms with Gasteiger partial charge in [0.1, 0.15) is 17.2 Å². The second kappa shape index (κ2) is 11.9. The molecule has 41 heavy (non-hydrogen) atoms. The number of rotatable bonds is 8. The highest BCUT2D eigenvalue weighted by atomic mass is 16.5. The van der Waals surface area contributed by atoms with Crippen LogP contribution in [0.5, 0.6) is 17.4 Å². The lowest BCUT2D eigenvalue weighted by atomic mass is 10.00. The number of ether oxygens (including phenoxy) is 3. The first-order valence-electron chi connectivity index (χ1n) is 13.8. The second-order valence-electron chi connectivity index (χ2n) is 10.4. The van der Waals surface area contributed by atoms with Crippen LogP contribution in [0.15, 0.2) is 60.7 Å². The maximum absolute atomic E-state index is 12.7. The molecular formula is C33H35N3O5. The number of amides is 1. The average molecular weight is 554 g/mol. The van der Waals surface area contributed by atoms with E-state index in [1.54, 1.807) is 25.0 Å². The Labute approximate surface area is 240 Å². The monoisotopic (exact) mass is 553 g/mol. The molecule has 8 heteroatoms. The lowest BCUT2D eigenvalue weighted by Gasteiger charge is -2.13. The molecule has 4 aromatic rings. The zero-order valence-electron chi connectivity index (χ0n) is 24.1. The van der Waals surface area contributed by atoms with E-state index in [-0.39, 0.29) is 11.8 Å². The molecule has 1 aromatic heterocycles. The molecular weight excluding hydrogens is 518 g/mol. The SMILES string of the molecule is COc1ccc(-c2nn(-c3ccc(C)cc3C)c(OC(C)=O)c2-c2ccc(NC(=O)C3CCCC3)cc2)c(OC)c1. The van der Waals surface area contributed by atoms with Crippen LogP contribution in [0.25, 0.3) is 28.1 Å². The van der Waals surface area contributed by atoms with E-state index < -0.39 is 5.97 Å². The summed E-state index contributed by atoms with van der Waals surface area (Å²) >= 11 is 0. The van der Waals surface area contributed by atoms with Crippen molar-refractivity contribution in [3.05, 3.63) is 71.8 Å². The van der Waals surface area contributed by atoms with Crippen LogP contribution in [0.4, 0.5) is 5.69 Å². The molecule has 0 radical (unpaired) electrons. The Hall–Kier alpha value is -4.59. The molecule has 0 unspecified atom stereocenters. The normalized spacial score (nSPS) is 13.2. The number of nitrogens with one attached hydrogen (secondary N) is 1. The van der Waals surface area contributed by atoms with Gasteiger partial charge in [-0.1, -0.05) is 42.7 Å². The Kier molecular flexibility index (Phi) is 8.10. The predicted molar refractivity (Wildman–Crippen MR) is 159 cm³/mol. The van der Waals surface area contributed by atoms with E-state index in [1.165, 1.54) is 6.92 Å². The fourth-order valence-corrected chi connectivity index (χ4v) is 5.43. The summed E-state index contributed by atoms with van der Waals surface area (Å²) in [6.07, 6.45) is 4.05. The number of carbonyl (C=O) groups excluding carboxylic acids is 2. The number of aromatic nitrogens is 2. The van der Waals surface area contributed by atoms with E-state index >= 15 is 0 Å². The Morgan fingerprint density at radius 1 is 0.927 bits per heavy atom. The van der Waals surface area contributed by atoms with Gasteiger partial charge in [0.2, 0.25) is 11.8 Å². The van der Waals surface area contributed by atoms with Crippen molar-refractivity contribution in [2.24, 2.45) is 5.92 Å². The maximum atomic E-state index is 12.7. The molecule has 0 bridgehead atoms. The summed E-state index contributed by atoms with van der Waals surface area (Å²) in [6, 6.07) is 19.1. The molecule has 1 N–H and O–H groups in total. The van der Waals surface area contributed by atoms with Crippen LogP contribution in [0.3, 0.4) is 0 Å². The minimum atomic E-state index is -0.467. The van der Waals surface area contributed by atoms with Crippen LogP contribution in [-0.4, -0.2) is 35.9 Å². The third kappa shape index (κ3) is 5.82. The van der Waals surface area contributed by atoms with Crippen molar-refractivity contribution >= 4 is 17.6 Å². The van der Waals surface area contributed by atoms with Crippen LogP contribution in [0.2, 0.25) is 0 Å². The van der Waals surface area contributed by atoms with Gasteiger partial charge in [0.15, 0.2) is 0 Å². The summed E-state index contributed by atoms with van der Waals surface area (Å²) in [6.45, 7) is 5.40. The molecule has 1 aliphatic carbocycles. The number of nitrogens with zero attached hydrogens (tertiary/aromatic N) is 2. The highest BCUT2D eigenvalue weighted by Gasteiger charge is 2.27. The minimum absolute atomic E-state index is 0.0576. The number of anilines is 1. The van der Waals surface area contributed by atoms with Crippen LogP contribution >= 0.6 is 0 Å². The zero-order valence-corrected chi connectivity index (χ0v) is 24.1. The van der Waals surface area contributed by atoms with Gasteiger partial charge in [0, 0.05) is 30.2 Å². The molecule has 1 heterocycles. The molecule has 0 aliphatic heterocycles. The predicted octanol–water partition coefficient (Wildman–Crippen LogP) is 6.89. The lowest BCUT2D eigenvalue weighted by molar-refractivity contribution is -0.132. The highest BCUT2D eigenvalue weighted by Crippen LogP contribution is 2.45. The number of hydrogen-bond donors (Lipinski definition) is 1. The van der Waals surface area contributed by atoms with Crippen LogP contribution < -0.4 is 19.5 Å². The Balaban J connectivity index is 1.68. The Morgan fingerprint density at radius 2 is 1.66 bits per heavy atom. The highest BCUT2D eigenvalue weighted by molar-refractivity contribution is 5.94. The standard InChI is InChI=1S/C33H35N3O5/c1-20-10-17-28(21(2)18-20)36-33(41-22(3)37)30(31(35-36)27-16-15-26(39-4)19-29(27)40-5)23-11-13-25(14-12-23)34-32(38)24-8-6-7-9-24/h10-19,24H,6-9H2,1-5H3,(H,34,38). The summed E-state index contributed by atoms with van der Waals surface area (Å²) in [7, 11) is 3.19. The van der Waals surface area contributed by atoms with Gasteiger partial charge < -0.3 is 19.5 Å². The molecule has 8 nitrogen and oxygen atoms in total. The van der Waals surface area contributed by atoms with Crippen molar-refractivity contribution in [1.29, 1.82) is 0 Å². The smallest absolute Gasteiger partial charge is 0.309 e. The summed E-state index contributed by atoms with van der Waals surface area (Å²) in [5.74, 6) is 1.15. The van der Waals surface area contributed by atoms with Gasteiger partial charge >= 0.3 is 5.97 Å². The Bertz CT molecular complexity index is 1580. The first-order chi connectivity index (χ1) is 19.8. The van der Waals surface area contributed by atoms with Crippen LogP contribution in [-0.2, 0) is 9.59 Å². The second-order valence-corrected chi connectivity index (χ2v) is 10.4. The molecule has 1 aliphatic rings. The van der Waals surface area contributed by atoms with Gasteiger partial charge in [-0.05, 0) is 68.1 Å². The maximum Gasteiger partial charge on any atom is 0.309 e. The van der Waals surface area contributed by atoms with Crippen molar-refractivity contribution in [2.45, 2.75) is 46.5 Å². The van der Waals surface area contributed by atoms with E-state index in [1.807, 2.05) is 62.4 Å². The summed E-state index contributed by atoms with van der Waals surface area (Å²) in [5, 5.41) is 8.06. The number of methoxy groups -OCH3 is 2. The zero-order chi connectivity index (χ0) is 29.1. The molecule has 0 spiro atoms. The quantitative estimate of drug-likeness (QED) is 0.239. The number of benzene rings is 3. The fourth-order valence-electron chi connectivity index (χ4n) is 5.43. The summed E-state index contributed by atoms with van der Waals surface area (Å²) in [5.41, 5.74) is 6.26. The fraction of sp³-hybridized carbons (Fsp3) is 0.303. The molecule has 5 rings (SSSR count). The van der Waals surface area contributed by atoms with E-state index in [2.05, 4.69) is 11.4 Å². The van der Waals surface area contributed by atoms with Gasteiger partial charge in [0.05, 0.1) is 25.5 Å². The summed E-state index contributed by atoms with van der Waals surface area (Å²) < 4.78 is 18.7. The number of carbonyl (C=O) groups is 2. The van der Waals surface area contributed by atoms with E-state index in [0.29, 0.717) is 39.9 Å². The van der Waals surface area contributed by atoms with E-state index in [4.69, 9.17) is 19.3 Å². The molecule has 1 saturated carbocycles. The third-order valence-corrected chi connectivity index (χ3v) is 7.49. The van der Waals surface area contributed by atoms with Crippen molar-refractivity contribution in [3.8, 4) is 45.5 Å². The molecule has 0 saturated heterocycles. The number of aryl methyl sites for hydroxylation is 2. The van der Waals surface area contributed by atoms with E-state index in [0.717, 1.165) is 48.1 Å². The average Bonchev–Trinajstić information content (AvgIpc) is 3.62. The van der Waals surface area contributed by atoms with Crippen LogP contribution in [0.1, 0.15) is 43.7 Å². The lowest BCUT2D eigenvalue weighted by Crippen LogP contribution is -2.20. The molecule has 1 fully saturated rings. The molecule has 3 aromatic carbocycles. The molecule has 212 valence electrons. The third-order valence-electron chi connectivity index (χ3n) is 7.49. The first kappa shape index (κ1) is 28.0. The van der Waals surface area contributed by atoms with Crippen LogP contribution in [0, 0.1) is 19.8 Å². The first-order valence-corrected chi connectivity index (χ1v) is 13.8. The van der Waals surface area contributed by atoms with Crippen molar-refractivity contribution in [1.82, 2.24) is 9.78 Å². The molecule has 0 atom stereocenters. The van der Waals surface area contributed by atoms with Gasteiger partial charge in [0.25, 0.3) is 0 Å². The number of esters is 1. The van der Waals surface area contributed by atoms with Crippen molar-refractivity contribution in [3.63, 3.8) is 0 Å². The largest absolute Gasteiger partial charge is 0.497 e. The van der Waals surface area contributed by atoms with Gasteiger partial charge in [-0.25, -0.2) is 0 Å². The van der Waals surface area contributed by atoms with Gasteiger partial charge in [-0.2, -0.15) is 9.78 Å². The molecule has 1 amide bonds. The number of hydrogen-bond acceptors (Lipinski definition) is 6. The van der Waals surface area contributed by atoms with Gasteiger partial charge in [-0.3, -0.25) is 9.59 Å². The topological polar surface area (TPSA) is 91.7 Å². The van der Waals surface area contributed by atoms with E-state index in [9.17, 15) is 9.59 Å². The minimum Gasteiger partial charge on any atom is -0.497 e. The van der Waals surface area contributed by atoms with Gasteiger partial charge in [-0.15, -0.1) is 0 Å². The van der Waals surface area contributed by atoms with Crippen molar-refractivity contribution < 1.29 is 23.8 Å². The van der Waals surface area contributed by atoms with Crippen molar-refractivity contribution in [2.75, 3.05) is 19.5 Å². The summed E-state index contributed by atoms with van der Waals surface area (Å²) in [4.78, 5) is 25.1. The Morgan fingerprint density at radius 3 is 2.29 bits per heavy atom.